The molecular formula is C44H55N7O5S. The maximum absolute atomic E-state index is 14.8. The van der Waals surface area contributed by atoms with E-state index in [1.807, 2.05) is 82.3 Å². The van der Waals surface area contributed by atoms with Crippen molar-refractivity contribution in [1.82, 2.24) is 19.1 Å². The highest BCUT2D eigenvalue weighted by atomic mass is 32.2. The summed E-state index contributed by atoms with van der Waals surface area (Å²) in [5.41, 5.74) is 4.54. The largest absolute Gasteiger partial charge is 0.465 e. The Morgan fingerprint density at radius 2 is 1.63 bits per heavy atom. The number of ether oxygens (including phenoxy) is 2. The van der Waals surface area contributed by atoms with Crippen LogP contribution in [0.4, 0.5) is 17.1 Å². The molecule has 1 aromatic heterocycles. The van der Waals surface area contributed by atoms with Crippen molar-refractivity contribution >= 4 is 49.6 Å². The minimum Gasteiger partial charge on any atom is -0.465 e. The molecule has 0 saturated heterocycles. The van der Waals surface area contributed by atoms with Crippen LogP contribution in [0.5, 0.6) is 5.75 Å². The predicted octanol–water partition coefficient (Wildman–Crippen LogP) is 9.31. The second kappa shape index (κ2) is 17.9. The minimum atomic E-state index is -4.15. The van der Waals surface area contributed by atoms with Crippen molar-refractivity contribution in [1.29, 1.82) is 0 Å². The zero-order valence-electron chi connectivity index (χ0n) is 34.3. The van der Waals surface area contributed by atoms with E-state index in [1.54, 1.807) is 26.0 Å². The topological polar surface area (TPSA) is 140 Å². The lowest BCUT2D eigenvalue weighted by molar-refractivity contribution is -0.117. The van der Waals surface area contributed by atoms with Gasteiger partial charge in [0.2, 0.25) is 6.29 Å². The monoisotopic (exact) mass is 793 g/mol. The standard InChI is InChI=1S/C44H55N7O5S/c1-9-12-15-33(10-2)26-50-43(47-38-23-34-16-13-14-17-35(34)24-40(38)57(50,53)54)42(51-32(8)46-31(7)49-51)44(52)48-37-25-36(20-19-29(37)5)45-27-55-41(11-3)56-39-21-18-28(4)22-30(39)6/h13-14,16-25,33,41-42,45H,9-12,15,26-27H2,1-8H3,(H,48,52). The Morgan fingerprint density at radius 3 is 2.30 bits per heavy atom. The van der Waals surface area contributed by atoms with Crippen molar-refractivity contribution in [3.05, 3.63) is 101 Å². The maximum Gasteiger partial charge on any atom is 0.267 e. The molecular weight excluding hydrogens is 739 g/mol. The van der Waals surface area contributed by atoms with E-state index >= 15 is 0 Å². The van der Waals surface area contributed by atoms with Gasteiger partial charge >= 0.3 is 0 Å². The molecule has 1 aliphatic heterocycles. The maximum atomic E-state index is 14.8. The van der Waals surface area contributed by atoms with Crippen molar-refractivity contribution in [2.75, 3.05) is 23.9 Å². The summed E-state index contributed by atoms with van der Waals surface area (Å²) < 4.78 is 44.7. The van der Waals surface area contributed by atoms with Crippen molar-refractivity contribution in [3.63, 3.8) is 0 Å². The van der Waals surface area contributed by atoms with Crippen LogP contribution in [0.15, 0.2) is 82.7 Å². The third-order valence-corrected chi connectivity index (χ3v) is 12.3. The number of amides is 1. The Bertz CT molecular complexity index is 2370. The molecule has 3 atom stereocenters. The Labute approximate surface area is 336 Å². The minimum absolute atomic E-state index is 0.0417. The summed E-state index contributed by atoms with van der Waals surface area (Å²) in [6, 6.07) is 21.5. The number of anilines is 2. The Kier molecular flexibility index (Phi) is 13.0. The third kappa shape index (κ3) is 9.31. The van der Waals surface area contributed by atoms with E-state index in [1.165, 1.54) is 8.99 Å². The average molecular weight is 794 g/mol. The lowest BCUT2D eigenvalue weighted by atomic mass is 9.99. The van der Waals surface area contributed by atoms with Crippen LogP contribution in [0.3, 0.4) is 0 Å². The van der Waals surface area contributed by atoms with Gasteiger partial charge < -0.3 is 20.1 Å². The second-order valence-corrected chi connectivity index (χ2v) is 16.7. The normalized spacial score (nSPS) is 15.1. The number of carbonyl (C=O) groups is 1. The van der Waals surface area contributed by atoms with Crippen molar-refractivity contribution in [2.45, 2.75) is 105 Å². The fraction of sp³-hybridized carbons (Fsp3) is 0.409. The van der Waals surface area contributed by atoms with Gasteiger partial charge in [-0.15, -0.1) is 0 Å². The van der Waals surface area contributed by atoms with E-state index in [4.69, 9.17) is 14.5 Å². The van der Waals surface area contributed by atoms with E-state index in [2.05, 4.69) is 40.6 Å². The highest BCUT2D eigenvalue weighted by molar-refractivity contribution is 7.90. The molecule has 13 heteroatoms. The molecule has 57 heavy (non-hydrogen) atoms. The first-order chi connectivity index (χ1) is 27.3. The van der Waals surface area contributed by atoms with E-state index in [-0.39, 0.29) is 35.6 Å². The molecule has 0 spiro atoms. The van der Waals surface area contributed by atoms with Crippen LogP contribution < -0.4 is 15.4 Å². The number of rotatable bonds is 17. The van der Waals surface area contributed by atoms with Crippen LogP contribution in [0.2, 0.25) is 0 Å². The summed E-state index contributed by atoms with van der Waals surface area (Å²) in [5, 5.41) is 12.7. The van der Waals surface area contributed by atoms with Gasteiger partial charge in [-0.1, -0.05) is 88.1 Å². The summed E-state index contributed by atoms with van der Waals surface area (Å²) >= 11 is 0. The molecule has 1 amide bonds. The molecule has 12 nitrogen and oxygen atoms in total. The number of sulfonamides is 1. The number of nitrogens with zero attached hydrogens (tertiary/aromatic N) is 5. The molecule has 2 N–H and O–H groups in total. The number of unbranched alkanes of at least 4 members (excludes halogenated alkanes) is 1. The van der Waals surface area contributed by atoms with Crippen molar-refractivity contribution < 1.29 is 22.7 Å². The first-order valence-corrected chi connectivity index (χ1v) is 21.3. The fourth-order valence-corrected chi connectivity index (χ4v) is 8.85. The Morgan fingerprint density at radius 1 is 0.877 bits per heavy atom. The number of hydrogen-bond acceptors (Lipinski definition) is 9. The quantitative estimate of drug-likeness (QED) is 0.0889. The highest BCUT2D eigenvalue weighted by Gasteiger charge is 2.43. The number of benzene rings is 4. The predicted molar refractivity (Wildman–Crippen MR) is 227 cm³/mol. The molecule has 302 valence electrons. The molecule has 0 saturated carbocycles. The van der Waals surface area contributed by atoms with Gasteiger partial charge in [0.15, 0.2) is 11.9 Å². The number of hydrogen-bond donors (Lipinski definition) is 2. The van der Waals surface area contributed by atoms with Gasteiger partial charge in [-0.2, -0.15) is 5.10 Å². The Balaban J connectivity index is 1.33. The molecule has 0 radical (unpaired) electrons. The lowest BCUT2D eigenvalue weighted by Crippen LogP contribution is -2.49. The number of nitrogens with one attached hydrogen (secondary N) is 2. The molecule has 0 bridgehead atoms. The molecule has 1 aliphatic rings. The van der Waals surface area contributed by atoms with Crippen LogP contribution in [-0.2, 0) is 19.6 Å². The summed E-state index contributed by atoms with van der Waals surface area (Å²) in [7, 11) is -4.15. The van der Waals surface area contributed by atoms with E-state index in [0.29, 0.717) is 29.4 Å². The van der Waals surface area contributed by atoms with Crippen LogP contribution in [0, 0.1) is 40.5 Å². The zero-order chi connectivity index (χ0) is 40.9. The van der Waals surface area contributed by atoms with E-state index in [9.17, 15) is 13.2 Å². The zero-order valence-corrected chi connectivity index (χ0v) is 35.1. The van der Waals surface area contributed by atoms with Crippen LogP contribution >= 0.6 is 0 Å². The van der Waals surface area contributed by atoms with Gasteiger partial charge in [0.1, 0.15) is 29.0 Å². The van der Waals surface area contributed by atoms with Gasteiger partial charge in [0, 0.05) is 24.3 Å². The first-order valence-electron chi connectivity index (χ1n) is 19.9. The number of amidine groups is 1. The highest BCUT2D eigenvalue weighted by Crippen LogP contribution is 2.39. The molecule has 2 heterocycles. The van der Waals surface area contributed by atoms with Crippen LogP contribution in [0.1, 0.15) is 87.3 Å². The molecule has 6 rings (SSSR count). The van der Waals surface area contributed by atoms with Crippen LogP contribution in [0.25, 0.3) is 10.8 Å². The van der Waals surface area contributed by atoms with E-state index in [0.717, 1.165) is 58.9 Å². The van der Waals surface area contributed by atoms with Gasteiger partial charge in [0.25, 0.3) is 15.9 Å². The van der Waals surface area contributed by atoms with Crippen LogP contribution in [-0.4, -0.2) is 58.8 Å². The number of aryl methyl sites for hydroxylation is 5. The van der Waals surface area contributed by atoms with Gasteiger partial charge in [-0.25, -0.2) is 23.1 Å². The SMILES string of the molecule is CCCCC(CC)CN1C(C(C(=O)Nc2cc(NCOC(CC)Oc3ccc(C)cc3C)ccc2C)n2nc(C)nc2C)=Nc2cc3ccccc3cc2S1(=O)=O. The van der Waals surface area contributed by atoms with Gasteiger partial charge in [-0.3, -0.25) is 9.10 Å². The lowest BCUT2D eigenvalue weighted by Gasteiger charge is -2.35. The molecule has 0 aliphatic carbocycles. The van der Waals surface area contributed by atoms with Crippen molar-refractivity contribution in [2.24, 2.45) is 10.9 Å². The molecule has 4 aromatic carbocycles. The summed E-state index contributed by atoms with van der Waals surface area (Å²) in [6.45, 7) is 16.0. The molecule has 3 unspecified atom stereocenters. The first kappa shape index (κ1) is 41.4. The fourth-order valence-electron chi connectivity index (χ4n) is 7.18. The second-order valence-electron chi connectivity index (χ2n) is 14.9. The molecule has 5 aromatic rings. The number of aliphatic imine (C=N–C) groups is 1. The van der Waals surface area contributed by atoms with Gasteiger partial charge in [-0.05, 0) is 99.2 Å². The summed E-state index contributed by atoms with van der Waals surface area (Å²) in [4.78, 5) is 24.5. The number of carbonyl (C=O) groups excluding carboxylic acids is 1. The van der Waals surface area contributed by atoms with Crippen molar-refractivity contribution in [3.8, 4) is 5.75 Å². The summed E-state index contributed by atoms with van der Waals surface area (Å²) in [6.07, 6.45) is 3.73. The number of fused-ring (bicyclic) bond motifs is 2. The molecule has 0 fully saturated rings. The van der Waals surface area contributed by atoms with E-state index < -0.39 is 28.3 Å². The Hall–Kier alpha value is -5.27. The number of aromatic nitrogens is 3. The smallest absolute Gasteiger partial charge is 0.267 e. The van der Waals surface area contributed by atoms with Gasteiger partial charge in [0.05, 0.1) is 5.69 Å². The average Bonchev–Trinajstić information content (AvgIpc) is 3.51. The summed E-state index contributed by atoms with van der Waals surface area (Å²) in [5.74, 6) is 1.29. The third-order valence-electron chi connectivity index (χ3n) is 10.5.